The SMILES string of the molecule is CCc1ccc2c(c1)[B-]1(OC(C)(C)C(C)(C)O1)[n+]1ccccc1-2. The van der Waals surface area contributed by atoms with Gasteiger partial charge in [0.25, 0.3) is 0 Å². The van der Waals surface area contributed by atoms with E-state index < -0.39 is 6.69 Å². The molecular weight excluding hydrogens is 285 g/mol. The Bertz CT molecular complexity index is 782. The Kier molecular flexibility index (Phi) is 2.89. The molecule has 4 rings (SSSR count). The van der Waals surface area contributed by atoms with Crippen molar-refractivity contribution < 1.29 is 13.8 Å². The molecule has 0 aliphatic carbocycles. The van der Waals surface area contributed by atoms with E-state index in [1.54, 1.807) is 0 Å². The molecule has 23 heavy (non-hydrogen) atoms. The van der Waals surface area contributed by atoms with Gasteiger partial charge in [0.2, 0.25) is 0 Å². The molecule has 1 spiro atoms. The van der Waals surface area contributed by atoms with Gasteiger partial charge in [-0.15, -0.1) is 0 Å². The van der Waals surface area contributed by atoms with Crippen LogP contribution in [0, 0.1) is 0 Å². The van der Waals surface area contributed by atoms with E-state index in [0.29, 0.717) is 0 Å². The van der Waals surface area contributed by atoms with Crippen LogP contribution in [0.15, 0.2) is 42.6 Å². The minimum absolute atomic E-state index is 0.364. The Morgan fingerprint density at radius 2 is 1.70 bits per heavy atom. The highest BCUT2D eigenvalue weighted by Crippen LogP contribution is 2.43. The Morgan fingerprint density at radius 3 is 2.35 bits per heavy atom. The molecule has 0 unspecified atom stereocenters. The maximum absolute atomic E-state index is 6.67. The standard InChI is InChI=1S/C19H24BNO2/c1-6-14-10-11-15-16(13-14)20(21-12-8-7-9-17(15)21)22-18(2,3)19(4,5)23-20/h7-13H,6H2,1-5H3. The smallest absolute Gasteiger partial charge is 0.495 e. The predicted molar refractivity (Wildman–Crippen MR) is 92.6 cm³/mol. The highest BCUT2D eigenvalue weighted by atomic mass is 16.7. The number of nitrogens with zero attached hydrogens (tertiary/aromatic N) is 1. The van der Waals surface area contributed by atoms with E-state index in [-0.39, 0.29) is 11.2 Å². The molecule has 0 radical (unpaired) electrons. The van der Waals surface area contributed by atoms with Gasteiger partial charge in [0.15, 0.2) is 5.69 Å². The average molecular weight is 309 g/mol. The van der Waals surface area contributed by atoms with Crippen molar-refractivity contribution in [1.29, 1.82) is 0 Å². The van der Waals surface area contributed by atoms with E-state index in [4.69, 9.17) is 9.31 Å². The third-order valence-electron chi connectivity index (χ3n) is 5.81. The van der Waals surface area contributed by atoms with E-state index >= 15 is 0 Å². The van der Waals surface area contributed by atoms with Gasteiger partial charge >= 0.3 is 6.69 Å². The highest BCUT2D eigenvalue weighted by molar-refractivity contribution is 6.76. The number of pyridine rings is 1. The third kappa shape index (κ3) is 1.82. The minimum Gasteiger partial charge on any atom is -0.495 e. The molecule has 2 aliphatic heterocycles. The van der Waals surface area contributed by atoms with Gasteiger partial charge in [-0.2, -0.15) is 0 Å². The molecule has 4 heteroatoms. The van der Waals surface area contributed by atoms with Crippen molar-refractivity contribution in [3.63, 3.8) is 0 Å². The summed E-state index contributed by atoms with van der Waals surface area (Å²) in [6, 6.07) is 12.9. The van der Waals surface area contributed by atoms with E-state index in [0.717, 1.165) is 6.42 Å². The first kappa shape index (κ1) is 14.9. The van der Waals surface area contributed by atoms with Crippen molar-refractivity contribution in [3.8, 4) is 11.3 Å². The molecule has 3 nitrogen and oxygen atoms in total. The van der Waals surface area contributed by atoms with Crippen LogP contribution in [0.3, 0.4) is 0 Å². The minimum atomic E-state index is -1.70. The van der Waals surface area contributed by atoms with Crippen LogP contribution in [0.25, 0.3) is 11.3 Å². The molecule has 1 aromatic carbocycles. The number of benzene rings is 1. The lowest BCUT2D eigenvalue weighted by Crippen LogP contribution is -2.71. The molecule has 2 aromatic rings. The lowest BCUT2D eigenvalue weighted by atomic mass is 9.64. The van der Waals surface area contributed by atoms with Crippen LogP contribution in [0.4, 0.5) is 0 Å². The number of aryl methyl sites for hydroxylation is 1. The second-order valence-electron chi connectivity index (χ2n) is 7.70. The van der Waals surface area contributed by atoms with Crippen LogP contribution in [-0.2, 0) is 15.7 Å². The fourth-order valence-electron chi connectivity index (χ4n) is 3.84. The van der Waals surface area contributed by atoms with Crippen LogP contribution < -0.4 is 9.94 Å². The zero-order chi connectivity index (χ0) is 16.5. The average Bonchev–Trinajstić information content (AvgIpc) is 2.88. The van der Waals surface area contributed by atoms with Gasteiger partial charge in [-0.3, -0.25) is 0 Å². The number of aromatic nitrogens is 1. The summed E-state index contributed by atoms with van der Waals surface area (Å²) in [5.74, 6) is 0. The van der Waals surface area contributed by atoms with Crippen LogP contribution in [0.1, 0.15) is 40.2 Å². The first-order chi connectivity index (χ1) is 10.8. The molecule has 1 fully saturated rings. The summed E-state index contributed by atoms with van der Waals surface area (Å²) in [5, 5.41) is 0. The summed E-state index contributed by atoms with van der Waals surface area (Å²) in [4.78, 5) is 0. The lowest BCUT2D eigenvalue weighted by Gasteiger charge is -2.35. The van der Waals surface area contributed by atoms with E-state index in [1.807, 2.05) is 6.07 Å². The Labute approximate surface area is 138 Å². The topological polar surface area (TPSA) is 22.3 Å². The zero-order valence-electron chi connectivity index (χ0n) is 14.6. The van der Waals surface area contributed by atoms with Gasteiger partial charge in [-0.05, 0) is 40.2 Å². The van der Waals surface area contributed by atoms with Crippen molar-refractivity contribution in [2.45, 2.75) is 52.2 Å². The van der Waals surface area contributed by atoms with Gasteiger partial charge in [0.1, 0.15) is 6.20 Å². The number of hydrogen-bond donors (Lipinski definition) is 0. The first-order valence-electron chi connectivity index (χ1n) is 8.50. The van der Waals surface area contributed by atoms with E-state index in [1.165, 1.54) is 22.3 Å². The Balaban J connectivity index is 2.02. The quantitative estimate of drug-likeness (QED) is 0.756. The highest BCUT2D eigenvalue weighted by Gasteiger charge is 2.64. The lowest BCUT2D eigenvalue weighted by molar-refractivity contribution is -0.557. The molecule has 0 N–H and O–H groups in total. The maximum atomic E-state index is 6.67. The van der Waals surface area contributed by atoms with E-state index in [2.05, 4.69) is 75.6 Å². The van der Waals surface area contributed by atoms with Crippen molar-refractivity contribution in [3.05, 3.63) is 48.2 Å². The normalized spacial score (nSPS) is 22.1. The zero-order valence-corrected chi connectivity index (χ0v) is 14.6. The molecule has 0 atom stereocenters. The molecule has 120 valence electrons. The van der Waals surface area contributed by atoms with Crippen LogP contribution in [0.5, 0.6) is 0 Å². The van der Waals surface area contributed by atoms with Gasteiger partial charge < -0.3 is 13.8 Å². The summed E-state index contributed by atoms with van der Waals surface area (Å²) in [6.45, 7) is 8.96. The van der Waals surface area contributed by atoms with Crippen LogP contribution in [0.2, 0.25) is 0 Å². The molecule has 0 amide bonds. The summed E-state index contributed by atoms with van der Waals surface area (Å²) in [6.07, 6.45) is 3.09. The Hall–Kier alpha value is -1.65. The van der Waals surface area contributed by atoms with Crippen LogP contribution >= 0.6 is 0 Å². The largest absolute Gasteiger partial charge is 0.577 e. The third-order valence-corrected chi connectivity index (χ3v) is 5.81. The molecule has 3 heterocycles. The Morgan fingerprint density at radius 1 is 1.00 bits per heavy atom. The molecular formula is C19H24BNO2. The first-order valence-corrected chi connectivity index (χ1v) is 8.50. The summed E-state index contributed by atoms with van der Waals surface area (Å²) >= 11 is 0. The van der Waals surface area contributed by atoms with Crippen molar-refractivity contribution in [2.24, 2.45) is 0 Å². The molecule has 1 saturated heterocycles. The molecule has 0 bridgehead atoms. The summed E-state index contributed by atoms with van der Waals surface area (Å²) in [5.41, 5.74) is 4.14. The van der Waals surface area contributed by atoms with Gasteiger partial charge in [0.05, 0.1) is 0 Å². The number of hydrogen-bond acceptors (Lipinski definition) is 2. The second-order valence-corrected chi connectivity index (χ2v) is 7.70. The predicted octanol–water partition coefficient (Wildman–Crippen LogP) is 2.82. The fraction of sp³-hybridized carbons (Fsp3) is 0.421. The monoisotopic (exact) mass is 309 g/mol. The summed E-state index contributed by atoms with van der Waals surface area (Å²) in [7, 11) is 0. The molecule has 2 aliphatic rings. The van der Waals surface area contributed by atoms with Crippen molar-refractivity contribution >= 4 is 12.1 Å². The second kappa shape index (κ2) is 4.46. The van der Waals surface area contributed by atoms with Gasteiger partial charge in [-0.1, -0.05) is 42.2 Å². The molecule has 0 saturated carbocycles. The maximum Gasteiger partial charge on any atom is 0.577 e. The number of rotatable bonds is 1. The fourth-order valence-corrected chi connectivity index (χ4v) is 3.84. The number of fused-ring (bicyclic) bond motifs is 5. The van der Waals surface area contributed by atoms with Crippen molar-refractivity contribution in [1.82, 2.24) is 0 Å². The van der Waals surface area contributed by atoms with E-state index in [9.17, 15) is 0 Å². The van der Waals surface area contributed by atoms with Gasteiger partial charge in [0, 0.05) is 22.8 Å². The van der Waals surface area contributed by atoms with Crippen LogP contribution in [-0.4, -0.2) is 17.9 Å². The van der Waals surface area contributed by atoms with Gasteiger partial charge in [-0.25, -0.2) is 0 Å². The summed E-state index contributed by atoms with van der Waals surface area (Å²) < 4.78 is 15.5. The van der Waals surface area contributed by atoms with Crippen molar-refractivity contribution in [2.75, 3.05) is 0 Å². The molecule has 1 aromatic heterocycles.